The number of benzene rings is 1. The first-order valence-corrected chi connectivity index (χ1v) is 15.7. The molecule has 1 fully saturated rings. The molecular weight excluding hydrogens is 590 g/mol. The molecule has 0 radical (unpaired) electrons. The second-order valence-electron chi connectivity index (χ2n) is 9.54. The first-order valence-electron chi connectivity index (χ1n) is 13.0. The van der Waals surface area contributed by atoms with Crippen molar-refractivity contribution < 1.29 is 13.2 Å². The van der Waals surface area contributed by atoms with Crippen molar-refractivity contribution in [2.45, 2.75) is 29.9 Å². The number of piperidine rings is 1. The van der Waals surface area contributed by atoms with Crippen LogP contribution in [0.1, 0.15) is 25.7 Å². The Morgan fingerprint density at radius 2 is 1.83 bits per heavy atom. The fraction of sp³-hybridized carbons (Fsp3) is 0.308. The van der Waals surface area contributed by atoms with E-state index in [4.69, 9.17) is 11.6 Å². The molecule has 1 aliphatic heterocycles. The minimum absolute atomic E-state index is 0.0323. The van der Waals surface area contributed by atoms with Gasteiger partial charge in [-0.25, -0.2) is 32.3 Å². The molecule has 0 atom stereocenters. The number of pyridine rings is 1. The lowest BCUT2D eigenvalue weighted by molar-refractivity contribution is 0.228. The third kappa shape index (κ3) is 6.96. The number of carbonyl (C=O) groups excluding carboxylic acids is 1. The SMILES string of the molecule is O=C(Nc1ccc(-n2c(=O)[nH]c3cc(NCCCN4CCCCC4)ccc3c2=O)nc1)NS(=O)(=O)c1ccc(Cl)s1. The van der Waals surface area contributed by atoms with E-state index in [0.717, 1.165) is 54.2 Å². The van der Waals surface area contributed by atoms with Crippen molar-refractivity contribution in [3.05, 3.63) is 73.8 Å². The van der Waals surface area contributed by atoms with E-state index in [9.17, 15) is 22.8 Å². The predicted molar refractivity (Wildman–Crippen MR) is 160 cm³/mol. The summed E-state index contributed by atoms with van der Waals surface area (Å²) in [6.45, 7) is 4.13. The summed E-state index contributed by atoms with van der Waals surface area (Å²) >= 11 is 6.58. The number of H-pyrrole nitrogens is 1. The number of urea groups is 1. The molecule has 4 aromatic rings. The first-order chi connectivity index (χ1) is 19.7. The number of likely N-dealkylation sites (tertiary alicyclic amines) is 1. The number of nitrogens with zero attached hydrogens (tertiary/aromatic N) is 3. The normalized spacial score (nSPS) is 14.2. The number of hydrogen-bond donors (Lipinski definition) is 4. The summed E-state index contributed by atoms with van der Waals surface area (Å²) in [6, 6.07) is 9.62. The van der Waals surface area contributed by atoms with E-state index in [2.05, 4.69) is 25.5 Å². The average molecular weight is 618 g/mol. The molecule has 1 saturated heterocycles. The lowest BCUT2D eigenvalue weighted by atomic mass is 10.1. The summed E-state index contributed by atoms with van der Waals surface area (Å²) in [4.78, 5) is 47.6. The molecule has 15 heteroatoms. The number of thiophene rings is 1. The maximum Gasteiger partial charge on any atom is 0.334 e. The highest BCUT2D eigenvalue weighted by Gasteiger charge is 2.20. The number of rotatable bonds is 9. The summed E-state index contributed by atoms with van der Waals surface area (Å²) in [5.41, 5.74) is 0.135. The van der Waals surface area contributed by atoms with Crippen LogP contribution in [0.3, 0.4) is 0 Å². The molecule has 3 aromatic heterocycles. The van der Waals surface area contributed by atoms with Crippen LogP contribution >= 0.6 is 22.9 Å². The first kappa shape index (κ1) is 28.8. The van der Waals surface area contributed by atoms with Gasteiger partial charge < -0.3 is 20.5 Å². The van der Waals surface area contributed by atoms with Crippen LogP contribution in [0, 0.1) is 0 Å². The van der Waals surface area contributed by atoms with E-state index in [1.54, 1.807) is 18.2 Å². The standard InChI is InChI=1S/C26H28ClN7O5S2/c27-21-8-10-23(40-21)41(38,39)32-25(36)30-18-6-9-22(29-16-18)34-24(35)19-7-5-17(15-20(19)31-26(34)37)28-11-4-14-33-12-2-1-3-13-33/h5-10,15-16,28H,1-4,11-14H2,(H,31,37)(H2,30,32,36). The number of carbonyl (C=O) groups is 1. The van der Waals surface area contributed by atoms with Gasteiger partial charge in [0.25, 0.3) is 15.6 Å². The molecule has 0 saturated carbocycles. The van der Waals surface area contributed by atoms with Crippen molar-refractivity contribution in [2.75, 3.05) is 36.8 Å². The molecule has 0 bridgehead atoms. The maximum absolute atomic E-state index is 13.2. The number of fused-ring (bicyclic) bond motifs is 1. The Labute approximate surface area is 244 Å². The van der Waals surface area contributed by atoms with Gasteiger partial charge in [-0.3, -0.25) is 4.79 Å². The third-order valence-corrected chi connectivity index (χ3v) is 9.66. The highest BCUT2D eigenvalue weighted by molar-refractivity contribution is 7.92. The molecule has 4 heterocycles. The third-order valence-electron chi connectivity index (χ3n) is 6.60. The topological polar surface area (TPSA) is 158 Å². The molecule has 1 aliphatic rings. The van der Waals surface area contributed by atoms with Gasteiger partial charge in [-0.1, -0.05) is 18.0 Å². The molecule has 216 valence electrons. The summed E-state index contributed by atoms with van der Waals surface area (Å²) < 4.78 is 27.5. The van der Waals surface area contributed by atoms with Crippen LogP contribution in [-0.4, -0.2) is 60.1 Å². The zero-order valence-corrected chi connectivity index (χ0v) is 24.2. The molecular formula is C26H28ClN7O5S2. The Kier molecular flexibility index (Phi) is 8.73. The Bertz CT molecular complexity index is 1780. The van der Waals surface area contributed by atoms with Crippen LogP contribution < -0.4 is 26.6 Å². The number of halogens is 1. The number of aromatic nitrogens is 3. The van der Waals surface area contributed by atoms with E-state index < -0.39 is 27.3 Å². The van der Waals surface area contributed by atoms with Gasteiger partial charge in [0.1, 0.15) is 10.0 Å². The van der Waals surface area contributed by atoms with Gasteiger partial charge in [0, 0.05) is 12.2 Å². The van der Waals surface area contributed by atoms with E-state index in [1.807, 2.05) is 4.72 Å². The Morgan fingerprint density at radius 3 is 2.54 bits per heavy atom. The Morgan fingerprint density at radius 1 is 1.05 bits per heavy atom. The average Bonchev–Trinajstić information content (AvgIpc) is 3.39. The molecule has 0 unspecified atom stereocenters. The quantitative estimate of drug-likeness (QED) is 0.207. The van der Waals surface area contributed by atoms with Crippen LogP contribution in [0.2, 0.25) is 4.34 Å². The largest absolute Gasteiger partial charge is 0.385 e. The van der Waals surface area contributed by atoms with Crippen LogP contribution in [-0.2, 0) is 10.0 Å². The highest BCUT2D eigenvalue weighted by Crippen LogP contribution is 2.25. The fourth-order valence-electron chi connectivity index (χ4n) is 4.62. The van der Waals surface area contributed by atoms with Gasteiger partial charge in [-0.2, -0.15) is 0 Å². The van der Waals surface area contributed by atoms with E-state index in [-0.39, 0.29) is 20.1 Å². The van der Waals surface area contributed by atoms with E-state index >= 15 is 0 Å². The second-order valence-corrected chi connectivity index (χ2v) is 13.2. The van der Waals surface area contributed by atoms with Crippen molar-refractivity contribution in [2.24, 2.45) is 0 Å². The van der Waals surface area contributed by atoms with Crippen LogP contribution in [0.5, 0.6) is 0 Å². The number of nitrogens with one attached hydrogen (secondary N) is 4. The zero-order valence-electron chi connectivity index (χ0n) is 21.9. The van der Waals surface area contributed by atoms with Crippen LogP contribution in [0.15, 0.2) is 62.5 Å². The van der Waals surface area contributed by atoms with Crippen molar-refractivity contribution in [1.82, 2.24) is 24.2 Å². The van der Waals surface area contributed by atoms with Crippen molar-refractivity contribution in [1.29, 1.82) is 0 Å². The van der Waals surface area contributed by atoms with Gasteiger partial charge in [-0.15, -0.1) is 11.3 Å². The van der Waals surface area contributed by atoms with Crippen LogP contribution in [0.25, 0.3) is 16.7 Å². The smallest absolute Gasteiger partial charge is 0.334 e. The number of anilines is 2. The molecule has 2 amide bonds. The molecule has 4 N–H and O–H groups in total. The molecule has 41 heavy (non-hydrogen) atoms. The summed E-state index contributed by atoms with van der Waals surface area (Å²) in [6.07, 6.45) is 6.03. The predicted octanol–water partition coefficient (Wildman–Crippen LogP) is 3.59. The lowest BCUT2D eigenvalue weighted by Gasteiger charge is -2.26. The highest BCUT2D eigenvalue weighted by atomic mass is 35.5. The van der Waals surface area contributed by atoms with Gasteiger partial charge >= 0.3 is 11.7 Å². The number of amides is 2. The van der Waals surface area contributed by atoms with Gasteiger partial charge in [0.15, 0.2) is 0 Å². The summed E-state index contributed by atoms with van der Waals surface area (Å²) in [5.74, 6) is 0.0323. The Hall–Kier alpha value is -3.72. The minimum atomic E-state index is -4.10. The molecule has 0 aliphatic carbocycles. The fourth-order valence-corrected chi connectivity index (χ4v) is 7.01. The monoisotopic (exact) mass is 617 g/mol. The van der Waals surface area contributed by atoms with Crippen molar-refractivity contribution in [3.63, 3.8) is 0 Å². The van der Waals surface area contributed by atoms with Crippen LogP contribution in [0.4, 0.5) is 16.2 Å². The molecule has 5 rings (SSSR count). The lowest BCUT2D eigenvalue weighted by Crippen LogP contribution is -2.35. The van der Waals surface area contributed by atoms with Gasteiger partial charge in [-0.05, 0) is 81.4 Å². The number of aromatic amines is 1. The molecule has 1 aromatic carbocycles. The maximum atomic E-state index is 13.2. The number of sulfonamides is 1. The van der Waals surface area contributed by atoms with Crippen molar-refractivity contribution in [3.8, 4) is 5.82 Å². The second kappa shape index (κ2) is 12.4. The van der Waals surface area contributed by atoms with Crippen molar-refractivity contribution >= 4 is 61.3 Å². The van der Waals surface area contributed by atoms with Gasteiger partial charge in [0.05, 0.1) is 27.1 Å². The summed E-state index contributed by atoms with van der Waals surface area (Å²) in [5, 5.41) is 6.02. The minimum Gasteiger partial charge on any atom is -0.385 e. The molecule has 0 spiro atoms. The number of hydrogen-bond acceptors (Lipinski definition) is 9. The van der Waals surface area contributed by atoms with E-state index in [0.29, 0.717) is 10.9 Å². The zero-order chi connectivity index (χ0) is 29.0. The Balaban J connectivity index is 1.24. The van der Waals surface area contributed by atoms with E-state index in [1.165, 1.54) is 49.7 Å². The van der Waals surface area contributed by atoms with Gasteiger partial charge in [0.2, 0.25) is 0 Å². The summed E-state index contributed by atoms with van der Waals surface area (Å²) in [7, 11) is -4.10. The molecule has 12 nitrogen and oxygen atoms in total.